The lowest BCUT2D eigenvalue weighted by Gasteiger charge is -2.07. The average molecular weight is 356 g/mol. The Labute approximate surface area is 145 Å². The number of fused-ring (bicyclic) bond motifs is 1. The molecule has 25 heavy (non-hydrogen) atoms. The second-order valence-corrected chi connectivity index (χ2v) is 7.12. The Bertz CT molecular complexity index is 1110. The Hall–Kier alpha value is -2.77. The fourth-order valence-electron chi connectivity index (χ4n) is 2.61. The molecule has 3 aromatic rings. The summed E-state index contributed by atoms with van der Waals surface area (Å²) >= 11 is 0. The van der Waals surface area contributed by atoms with Gasteiger partial charge in [0, 0.05) is 5.39 Å². The topological polar surface area (TPSA) is 99.3 Å². The number of phenols is 1. The van der Waals surface area contributed by atoms with E-state index in [1.165, 1.54) is 12.1 Å². The van der Waals surface area contributed by atoms with Gasteiger partial charge in [0.2, 0.25) is 0 Å². The molecule has 7 heteroatoms. The molecule has 0 aliphatic rings. The van der Waals surface area contributed by atoms with Gasteiger partial charge in [-0.25, -0.2) is 0 Å². The van der Waals surface area contributed by atoms with Crippen LogP contribution < -0.4 is 0 Å². The average Bonchev–Trinajstić information content (AvgIpc) is 2.55. The fourth-order valence-corrected chi connectivity index (χ4v) is 3.40. The molecule has 0 radical (unpaired) electrons. The van der Waals surface area contributed by atoms with E-state index in [0.29, 0.717) is 22.5 Å². The zero-order valence-electron chi connectivity index (χ0n) is 13.6. The molecule has 0 amide bonds. The lowest BCUT2D eigenvalue weighted by atomic mass is 10.1. The van der Waals surface area contributed by atoms with Crippen LogP contribution in [0.1, 0.15) is 11.1 Å². The van der Waals surface area contributed by atoms with Crippen molar-refractivity contribution in [3.05, 3.63) is 59.7 Å². The molecule has 0 atom stereocenters. The summed E-state index contributed by atoms with van der Waals surface area (Å²) in [5.74, 6) is 0.00591. The van der Waals surface area contributed by atoms with Crippen molar-refractivity contribution in [2.24, 2.45) is 10.2 Å². The molecule has 0 bridgehead atoms. The van der Waals surface area contributed by atoms with Gasteiger partial charge in [0.15, 0.2) is 0 Å². The second kappa shape index (κ2) is 6.27. The number of aromatic hydroxyl groups is 1. The van der Waals surface area contributed by atoms with Crippen LogP contribution in [0.4, 0.5) is 11.4 Å². The summed E-state index contributed by atoms with van der Waals surface area (Å²) < 4.78 is 31.9. The zero-order chi connectivity index (χ0) is 18.2. The van der Waals surface area contributed by atoms with Gasteiger partial charge < -0.3 is 5.11 Å². The van der Waals surface area contributed by atoms with Gasteiger partial charge >= 0.3 is 0 Å². The summed E-state index contributed by atoms with van der Waals surface area (Å²) in [5, 5.41) is 20.1. The van der Waals surface area contributed by atoms with E-state index < -0.39 is 10.1 Å². The Morgan fingerprint density at radius 1 is 0.920 bits per heavy atom. The molecule has 0 unspecified atom stereocenters. The zero-order valence-corrected chi connectivity index (χ0v) is 14.4. The highest BCUT2D eigenvalue weighted by Crippen LogP contribution is 2.36. The molecule has 0 saturated carbocycles. The number of nitrogens with zero attached hydrogens (tertiary/aromatic N) is 2. The smallest absolute Gasteiger partial charge is 0.294 e. The van der Waals surface area contributed by atoms with Gasteiger partial charge in [0.1, 0.15) is 11.4 Å². The maximum Gasteiger partial charge on any atom is 0.294 e. The van der Waals surface area contributed by atoms with Crippen LogP contribution in [-0.4, -0.2) is 18.1 Å². The minimum atomic E-state index is -4.29. The van der Waals surface area contributed by atoms with Crippen molar-refractivity contribution in [1.29, 1.82) is 0 Å². The van der Waals surface area contributed by atoms with Crippen LogP contribution in [0.25, 0.3) is 10.8 Å². The standard InChI is InChI=1S/C18H16N2O4S/c1-11-10-17(25(22,23)24)12(2)9-15(11)19-20-18-14-6-4-3-5-13(14)7-8-16(18)21/h3-10,21H,1-2H3,(H,22,23,24). The van der Waals surface area contributed by atoms with E-state index in [2.05, 4.69) is 10.2 Å². The summed E-state index contributed by atoms with van der Waals surface area (Å²) in [5.41, 5.74) is 1.71. The minimum absolute atomic E-state index is 0.00591. The van der Waals surface area contributed by atoms with Crippen molar-refractivity contribution in [3.8, 4) is 5.75 Å². The fraction of sp³-hybridized carbons (Fsp3) is 0.111. The van der Waals surface area contributed by atoms with Crippen molar-refractivity contribution < 1.29 is 18.1 Å². The number of azo groups is 1. The molecule has 0 fully saturated rings. The highest BCUT2D eigenvalue weighted by atomic mass is 32.2. The third-order valence-corrected chi connectivity index (χ3v) is 4.90. The van der Waals surface area contributed by atoms with Crippen molar-refractivity contribution in [2.45, 2.75) is 18.7 Å². The minimum Gasteiger partial charge on any atom is -0.506 e. The van der Waals surface area contributed by atoms with Crippen LogP contribution in [0.5, 0.6) is 5.75 Å². The third kappa shape index (κ3) is 3.38. The van der Waals surface area contributed by atoms with Crippen molar-refractivity contribution in [2.75, 3.05) is 0 Å². The van der Waals surface area contributed by atoms with Crippen LogP contribution in [0.2, 0.25) is 0 Å². The largest absolute Gasteiger partial charge is 0.506 e. The van der Waals surface area contributed by atoms with Crippen LogP contribution in [0.15, 0.2) is 63.7 Å². The maximum absolute atomic E-state index is 11.4. The van der Waals surface area contributed by atoms with Gasteiger partial charge in [-0.15, -0.1) is 5.11 Å². The van der Waals surface area contributed by atoms with Gasteiger partial charge in [-0.3, -0.25) is 4.55 Å². The molecule has 0 heterocycles. The van der Waals surface area contributed by atoms with Gasteiger partial charge in [0.05, 0.1) is 10.6 Å². The molecular formula is C18H16N2O4S. The first-order chi connectivity index (χ1) is 11.8. The van der Waals surface area contributed by atoms with Crippen LogP contribution in [0, 0.1) is 13.8 Å². The van der Waals surface area contributed by atoms with E-state index in [1.54, 1.807) is 26.0 Å². The van der Waals surface area contributed by atoms with Gasteiger partial charge in [-0.05, 0) is 48.6 Å². The molecule has 0 aromatic heterocycles. The Balaban J connectivity index is 2.10. The van der Waals surface area contributed by atoms with Crippen molar-refractivity contribution in [1.82, 2.24) is 0 Å². The first-order valence-electron chi connectivity index (χ1n) is 7.48. The molecule has 128 valence electrons. The third-order valence-electron chi connectivity index (χ3n) is 3.91. The molecule has 3 rings (SSSR count). The highest BCUT2D eigenvalue weighted by Gasteiger charge is 2.15. The number of phenolic OH excluding ortho intramolecular Hbond substituents is 1. The Morgan fingerprint density at radius 2 is 1.64 bits per heavy atom. The van der Waals surface area contributed by atoms with Crippen molar-refractivity contribution in [3.63, 3.8) is 0 Å². The summed E-state index contributed by atoms with van der Waals surface area (Å²) in [6.07, 6.45) is 0. The molecule has 6 nitrogen and oxygen atoms in total. The highest BCUT2D eigenvalue weighted by molar-refractivity contribution is 7.85. The molecule has 3 aromatic carbocycles. The quantitative estimate of drug-likeness (QED) is 0.519. The normalized spacial score (nSPS) is 12.1. The van der Waals surface area contributed by atoms with Gasteiger partial charge in [0.25, 0.3) is 10.1 Å². The summed E-state index contributed by atoms with van der Waals surface area (Å²) in [6, 6.07) is 13.7. The van der Waals surface area contributed by atoms with Crippen LogP contribution >= 0.6 is 0 Å². The summed E-state index contributed by atoms with van der Waals surface area (Å²) in [4.78, 5) is -0.156. The lowest BCUT2D eigenvalue weighted by Crippen LogP contribution is -2.01. The predicted octanol–water partition coefficient (Wildman–Crippen LogP) is 4.82. The first-order valence-corrected chi connectivity index (χ1v) is 8.92. The number of benzene rings is 3. The maximum atomic E-state index is 11.4. The lowest BCUT2D eigenvalue weighted by molar-refractivity contribution is 0.477. The van der Waals surface area contributed by atoms with E-state index >= 15 is 0 Å². The first kappa shape index (κ1) is 17.1. The second-order valence-electron chi connectivity index (χ2n) is 5.73. The van der Waals surface area contributed by atoms with Crippen molar-refractivity contribution >= 4 is 32.3 Å². The molecule has 0 spiro atoms. The molecule has 0 saturated heterocycles. The molecule has 0 aliphatic heterocycles. The number of rotatable bonds is 3. The van der Waals surface area contributed by atoms with Crippen LogP contribution in [0.3, 0.4) is 0 Å². The molecule has 0 aliphatic carbocycles. The number of aryl methyl sites for hydroxylation is 2. The van der Waals surface area contributed by atoms with Gasteiger partial charge in [-0.2, -0.15) is 13.5 Å². The van der Waals surface area contributed by atoms with E-state index in [0.717, 1.165) is 10.8 Å². The molecular weight excluding hydrogens is 340 g/mol. The van der Waals surface area contributed by atoms with Gasteiger partial charge in [-0.1, -0.05) is 30.3 Å². The predicted molar refractivity (Wildman–Crippen MR) is 95.5 cm³/mol. The van der Waals surface area contributed by atoms with E-state index in [-0.39, 0.29) is 10.6 Å². The number of hydrogen-bond acceptors (Lipinski definition) is 5. The summed E-state index contributed by atoms with van der Waals surface area (Å²) in [6.45, 7) is 3.24. The Morgan fingerprint density at radius 3 is 2.36 bits per heavy atom. The van der Waals surface area contributed by atoms with E-state index in [1.807, 2.05) is 24.3 Å². The van der Waals surface area contributed by atoms with E-state index in [4.69, 9.17) is 0 Å². The monoisotopic (exact) mass is 356 g/mol. The summed E-state index contributed by atoms with van der Waals surface area (Å²) in [7, 11) is -4.29. The number of hydrogen-bond donors (Lipinski definition) is 2. The van der Waals surface area contributed by atoms with E-state index in [9.17, 15) is 18.1 Å². The SMILES string of the molecule is Cc1cc(S(=O)(=O)O)c(C)cc1N=Nc1c(O)ccc2ccccc12. The molecule has 2 N–H and O–H groups in total. The Kier molecular flexibility index (Phi) is 4.28. The van der Waals surface area contributed by atoms with Crippen LogP contribution in [-0.2, 0) is 10.1 Å².